The molecule has 0 bridgehead atoms. The minimum Gasteiger partial charge on any atom is -0.458 e. The molecule has 19 aromatic carbocycles. The lowest BCUT2D eigenvalue weighted by Gasteiger charge is -2.47. The number of hydrogen-bond donors (Lipinski definition) is 0. The molecule has 0 saturated carbocycles. The van der Waals surface area contributed by atoms with Gasteiger partial charge in [0.05, 0.1) is 27.9 Å². The molecule has 0 amide bonds. The molecule has 6 heteroatoms. The lowest BCUT2D eigenvalue weighted by atomic mass is 9.30. The first kappa shape index (κ1) is 75.8. The smallest absolute Gasteiger partial charge is 0.256 e. The summed E-state index contributed by atoms with van der Waals surface area (Å²) < 4.78 is 7.81. The van der Waals surface area contributed by atoms with Crippen LogP contribution in [0.2, 0.25) is 0 Å². The Labute approximate surface area is 761 Å². The highest BCUT2D eigenvalue weighted by Gasteiger charge is 2.55. The normalized spacial score (nSPS) is 14.2. The van der Waals surface area contributed by atoms with Crippen molar-refractivity contribution in [2.75, 3.05) is 14.7 Å². The predicted molar refractivity (Wildman–Crippen MR) is 545 cm³/mol. The van der Waals surface area contributed by atoms with Crippen LogP contribution < -0.4 is 52.2 Å². The summed E-state index contributed by atoms with van der Waals surface area (Å²) in [5.41, 5.74) is 46.8. The molecule has 1 spiro atoms. The van der Waals surface area contributed by atoms with E-state index in [-0.39, 0.29) is 24.3 Å². The zero-order valence-corrected chi connectivity index (χ0v) is 73.4. The van der Waals surface area contributed by atoms with E-state index in [0.717, 1.165) is 118 Å². The van der Waals surface area contributed by atoms with Gasteiger partial charge in [-0.3, -0.25) is 0 Å². The molecule has 0 unspecified atom stereocenters. The van der Waals surface area contributed by atoms with Gasteiger partial charge in [0.15, 0.2) is 0 Å². The summed E-state index contributed by atoms with van der Waals surface area (Å²) in [5, 5.41) is 0. The summed E-state index contributed by atoms with van der Waals surface area (Å²) >= 11 is 0. The number of benzene rings is 19. The highest BCUT2D eigenvalue weighted by Crippen LogP contribution is 2.66. The molecule has 0 aromatic heterocycles. The Morgan fingerprint density at radius 2 is 0.554 bits per heavy atom. The van der Waals surface area contributed by atoms with Crippen LogP contribution in [0.4, 0.5) is 51.2 Å². The summed E-state index contributed by atoms with van der Waals surface area (Å²) in [6, 6.07) is 165. The van der Waals surface area contributed by atoms with E-state index in [9.17, 15) is 0 Å². The summed E-state index contributed by atoms with van der Waals surface area (Å²) in [7, 11) is 0. The second-order valence-electron chi connectivity index (χ2n) is 38.3. The van der Waals surface area contributed by atoms with Crippen molar-refractivity contribution in [2.45, 2.75) is 63.2 Å². The maximum absolute atomic E-state index is 7.81. The van der Waals surface area contributed by atoms with Gasteiger partial charge in [0, 0.05) is 50.8 Å². The number of fused-ring (bicyclic) bond motifs is 21. The molecule has 4 heterocycles. The number of para-hydroxylation sites is 3. The highest BCUT2D eigenvalue weighted by molar-refractivity contribution is 7.02. The van der Waals surface area contributed by atoms with E-state index in [2.05, 4.69) is 487 Å². The Balaban J connectivity index is 0.810. The number of anilines is 9. The molecule has 4 aliphatic heterocycles. The lowest BCUT2D eigenvalue weighted by molar-refractivity contribution is 0.487. The summed E-state index contributed by atoms with van der Waals surface area (Å²) in [4.78, 5) is 8.09. The molecule has 3 aliphatic carbocycles. The third-order valence-electron chi connectivity index (χ3n) is 29.5. The second kappa shape index (κ2) is 28.5. The minimum atomic E-state index is -0.714. The second-order valence-corrected chi connectivity index (χ2v) is 38.3. The Hall–Kier alpha value is -15.5. The molecule has 0 atom stereocenters. The fourth-order valence-electron chi connectivity index (χ4n) is 24.0. The van der Waals surface area contributed by atoms with Gasteiger partial charge in [-0.1, -0.05) is 399 Å². The van der Waals surface area contributed by atoms with Crippen LogP contribution in [0.1, 0.15) is 97.2 Å². The monoisotopic (exact) mass is 1660 g/mol. The van der Waals surface area contributed by atoms with Gasteiger partial charge < -0.3 is 19.4 Å². The van der Waals surface area contributed by atoms with Gasteiger partial charge in [0.25, 0.3) is 13.4 Å². The number of nitrogens with zero attached hydrogens (tertiary/aromatic N) is 3. The molecular formula is C124H89B2N3O. The van der Waals surface area contributed by atoms with Crippen LogP contribution >= 0.6 is 0 Å². The van der Waals surface area contributed by atoms with Gasteiger partial charge in [0.1, 0.15) is 11.5 Å². The maximum Gasteiger partial charge on any atom is 0.256 e. The Kier molecular flexibility index (Phi) is 16.6. The molecular weight excluding hydrogens is 1570 g/mol. The van der Waals surface area contributed by atoms with E-state index < -0.39 is 10.8 Å². The van der Waals surface area contributed by atoms with Gasteiger partial charge in [-0.15, -0.1) is 0 Å². The topological polar surface area (TPSA) is 19.0 Å². The van der Waals surface area contributed by atoms with Crippen LogP contribution in [-0.4, -0.2) is 13.4 Å². The van der Waals surface area contributed by atoms with Gasteiger partial charge in [-0.05, 0) is 244 Å². The van der Waals surface area contributed by atoms with Gasteiger partial charge in [-0.25, -0.2) is 0 Å². The van der Waals surface area contributed by atoms with Crippen LogP contribution in [0.15, 0.2) is 431 Å². The average Bonchev–Trinajstić information content (AvgIpc) is 1.63. The molecule has 4 nitrogen and oxygen atoms in total. The predicted octanol–water partition coefficient (Wildman–Crippen LogP) is 27.8. The van der Waals surface area contributed by atoms with Crippen LogP contribution in [0.25, 0.3) is 89.0 Å². The Bertz CT molecular complexity index is 7840. The maximum atomic E-state index is 7.81. The summed E-state index contributed by atoms with van der Waals surface area (Å²) in [6.07, 6.45) is 0. The van der Waals surface area contributed by atoms with Crippen molar-refractivity contribution < 1.29 is 4.74 Å². The van der Waals surface area contributed by atoms with E-state index in [1.54, 1.807) is 0 Å². The molecule has 0 N–H and O–H groups in total. The average molecular weight is 1660 g/mol. The van der Waals surface area contributed by atoms with Crippen molar-refractivity contribution in [1.29, 1.82) is 0 Å². The molecule has 0 fully saturated rings. The molecule has 0 saturated heterocycles. The van der Waals surface area contributed by atoms with Crippen molar-refractivity contribution in [3.63, 3.8) is 0 Å². The fraction of sp³-hybridized carbons (Fsp3) is 0.0806. The SMILES string of the molecule is CC(C)(C)c1ccc(N2c3cc4c(cc3B3c5ccccc5Oc5cc(-c6cccc7c6C(c6ccccc6)(c6ccccc6)c6ccccc6-7)cc2c53)B2c3ccccc3N(c3ccc(C(C)(C)C)cc3-c3ccccc3)c3cc(-c5cccc6c5C5(c7ccccc7-c7ccccc75)c5ccccc5-6)cc(c32)N4c2ccccc2-c2ccccc2)c(-c2ccccc2)c1. The van der Waals surface area contributed by atoms with E-state index in [4.69, 9.17) is 4.74 Å². The van der Waals surface area contributed by atoms with Gasteiger partial charge in [0.2, 0.25) is 0 Å². The number of ether oxygens (including phenoxy) is 1. The van der Waals surface area contributed by atoms with Gasteiger partial charge >= 0.3 is 0 Å². The van der Waals surface area contributed by atoms with Crippen molar-refractivity contribution in [2.24, 2.45) is 0 Å². The fourth-order valence-corrected chi connectivity index (χ4v) is 24.0. The first-order valence-corrected chi connectivity index (χ1v) is 45.9. The molecule has 7 aliphatic rings. The molecule has 19 aromatic rings. The largest absolute Gasteiger partial charge is 0.458 e. The van der Waals surface area contributed by atoms with Crippen LogP contribution in [0.3, 0.4) is 0 Å². The number of rotatable bonds is 10. The molecule has 26 rings (SSSR count). The highest BCUT2D eigenvalue weighted by atomic mass is 16.5. The zero-order valence-electron chi connectivity index (χ0n) is 73.4. The van der Waals surface area contributed by atoms with E-state index >= 15 is 0 Å². The van der Waals surface area contributed by atoms with E-state index in [0.29, 0.717) is 0 Å². The molecule has 130 heavy (non-hydrogen) atoms. The minimum absolute atomic E-state index is 0.156. The van der Waals surface area contributed by atoms with Crippen molar-refractivity contribution in [3.05, 3.63) is 486 Å². The first-order valence-electron chi connectivity index (χ1n) is 45.9. The van der Waals surface area contributed by atoms with Crippen LogP contribution in [0.5, 0.6) is 11.5 Å². The number of hydrogen-bond acceptors (Lipinski definition) is 4. The van der Waals surface area contributed by atoms with Gasteiger partial charge in [-0.2, -0.15) is 0 Å². The van der Waals surface area contributed by atoms with Crippen molar-refractivity contribution in [3.8, 4) is 101 Å². The molecule has 612 valence electrons. The molecule has 0 radical (unpaired) electrons. The van der Waals surface area contributed by atoms with Crippen molar-refractivity contribution in [1.82, 2.24) is 0 Å². The van der Waals surface area contributed by atoms with Crippen LogP contribution in [-0.2, 0) is 21.7 Å². The standard InChI is InChI=1S/C124H89B2N3O/c1-121(2,3)85-66-68-107(96(74-85)79-40-14-8-15-41-79)127-109-64-34-31-61-102(109)125-104-76-105-111(77-110(104)128(106-63-33-26-48-87(106)78-38-12-7-13-39-78)113-71-81(70-112(127)119(113)125)88-53-36-56-95-93-52-25-30-60-101(93)124(118(88)95)99-58-28-22-49-90(99)91-50-23-29-59-100(91)124)129(108-69-67-86(122(4,5)6)75-97(108)80-42-16-9-17-43-80)114-72-82(73-116-120(114)126(105)103-62-32-35-65-115(103)130-116)89-54-37-55-94-92-51-24-27-57-98(92)123(117(89)94,83-44-18-10-19-45-83)84-46-20-11-21-47-84/h7-77H,1-6H3. The quantitative estimate of drug-likeness (QED) is 0.127. The summed E-state index contributed by atoms with van der Waals surface area (Å²) in [5.74, 6) is 1.68. The lowest BCUT2D eigenvalue weighted by Crippen LogP contribution is -2.64. The van der Waals surface area contributed by atoms with E-state index in [1.165, 1.54) is 122 Å². The van der Waals surface area contributed by atoms with Crippen LogP contribution in [0, 0.1) is 0 Å². The van der Waals surface area contributed by atoms with Crippen molar-refractivity contribution >= 4 is 97.4 Å². The third kappa shape index (κ3) is 10.8. The van der Waals surface area contributed by atoms with E-state index in [1.807, 2.05) is 0 Å². The Morgan fingerprint density at radius 3 is 1.05 bits per heavy atom. The Morgan fingerprint density at radius 1 is 0.208 bits per heavy atom. The zero-order chi connectivity index (χ0) is 86.6. The summed E-state index contributed by atoms with van der Waals surface area (Å²) in [6.45, 7) is 13.4. The first-order chi connectivity index (χ1) is 63.8. The third-order valence-corrected chi connectivity index (χ3v) is 29.5.